The van der Waals surface area contributed by atoms with Gasteiger partial charge in [-0.05, 0) is 73.1 Å². The third kappa shape index (κ3) is 4.77. The number of rotatable bonds is 8. The first kappa shape index (κ1) is 23.4. The van der Waals surface area contributed by atoms with Crippen molar-refractivity contribution in [3.05, 3.63) is 59.7 Å². The summed E-state index contributed by atoms with van der Waals surface area (Å²) < 4.78 is 5.65. The number of hydrogen-bond acceptors (Lipinski definition) is 4. The third-order valence-corrected chi connectivity index (χ3v) is 7.92. The summed E-state index contributed by atoms with van der Waals surface area (Å²) in [6, 6.07) is 16.4. The van der Waals surface area contributed by atoms with Gasteiger partial charge in [-0.1, -0.05) is 48.5 Å². The molecule has 2 amide bonds. The average Bonchev–Trinajstić information content (AvgIpc) is 3.54. The van der Waals surface area contributed by atoms with E-state index in [1.165, 1.54) is 22.3 Å². The number of amides is 2. The highest BCUT2D eigenvalue weighted by molar-refractivity contribution is 5.87. The molecular formula is C28H32N2O5. The summed E-state index contributed by atoms with van der Waals surface area (Å²) in [5, 5.41) is 15.3. The fraction of sp³-hybridized carbons (Fsp3) is 0.464. The van der Waals surface area contributed by atoms with Crippen LogP contribution >= 0.6 is 0 Å². The van der Waals surface area contributed by atoms with Gasteiger partial charge in [-0.25, -0.2) is 9.59 Å². The zero-order valence-corrected chi connectivity index (χ0v) is 20.0. The number of ether oxygens (including phenoxy) is 1. The molecule has 0 saturated heterocycles. The van der Waals surface area contributed by atoms with E-state index in [-0.39, 0.29) is 42.7 Å². The van der Waals surface area contributed by atoms with Crippen LogP contribution in [0.3, 0.4) is 0 Å². The number of carboxylic acid groups (broad SMARTS) is 1. The second-order valence-electron chi connectivity index (χ2n) is 10.4. The van der Waals surface area contributed by atoms with Crippen LogP contribution in [0.2, 0.25) is 0 Å². The van der Waals surface area contributed by atoms with Crippen molar-refractivity contribution in [1.82, 2.24) is 10.6 Å². The Morgan fingerprint density at radius 1 is 0.971 bits per heavy atom. The molecule has 0 aromatic heterocycles. The maximum atomic E-state index is 12.6. The van der Waals surface area contributed by atoms with Crippen LogP contribution in [0.15, 0.2) is 48.5 Å². The molecule has 0 heterocycles. The molecule has 2 saturated carbocycles. The lowest BCUT2D eigenvalue weighted by Gasteiger charge is -2.26. The molecule has 184 valence electrons. The number of alkyl carbamates (subject to hydrolysis) is 1. The van der Waals surface area contributed by atoms with Crippen LogP contribution in [0, 0.1) is 11.8 Å². The Bertz CT molecular complexity index is 1100. The molecule has 0 radical (unpaired) electrons. The quantitative estimate of drug-likeness (QED) is 0.522. The lowest BCUT2D eigenvalue weighted by Crippen LogP contribution is -2.54. The highest BCUT2D eigenvalue weighted by Gasteiger charge is 2.48. The Morgan fingerprint density at radius 3 is 2.20 bits per heavy atom. The van der Waals surface area contributed by atoms with Crippen molar-refractivity contribution in [2.45, 2.75) is 62.9 Å². The molecule has 7 nitrogen and oxygen atoms in total. The largest absolute Gasteiger partial charge is 0.480 e. The first-order chi connectivity index (χ1) is 16.8. The zero-order chi connectivity index (χ0) is 24.6. The van der Waals surface area contributed by atoms with E-state index < -0.39 is 17.6 Å². The number of carboxylic acids is 1. The SMILES string of the molecule is CC(NC(=O)C[C@H]1CC[C@@H](NC(=O)OCC2c3ccccc3-c3ccccc32)C1)(C(=O)O)C1CC1. The van der Waals surface area contributed by atoms with Crippen molar-refractivity contribution in [3.63, 3.8) is 0 Å². The van der Waals surface area contributed by atoms with Crippen LogP contribution in [0.25, 0.3) is 11.1 Å². The highest BCUT2D eigenvalue weighted by atomic mass is 16.5. The van der Waals surface area contributed by atoms with E-state index in [0.29, 0.717) is 6.42 Å². The van der Waals surface area contributed by atoms with Gasteiger partial charge in [0.15, 0.2) is 0 Å². The molecule has 0 bridgehead atoms. The van der Waals surface area contributed by atoms with Crippen LogP contribution < -0.4 is 10.6 Å². The normalized spacial score (nSPS) is 22.5. The lowest BCUT2D eigenvalue weighted by atomic mass is 9.94. The lowest BCUT2D eigenvalue weighted by molar-refractivity contribution is -0.148. The Morgan fingerprint density at radius 2 is 1.60 bits per heavy atom. The summed E-state index contributed by atoms with van der Waals surface area (Å²) in [7, 11) is 0. The molecule has 35 heavy (non-hydrogen) atoms. The van der Waals surface area contributed by atoms with Crippen LogP contribution in [-0.2, 0) is 14.3 Å². The van der Waals surface area contributed by atoms with E-state index >= 15 is 0 Å². The van der Waals surface area contributed by atoms with Gasteiger partial charge in [-0.2, -0.15) is 0 Å². The van der Waals surface area contributed by atoms with E-state index in [1.54, 1.807) is 6.92 Å². The van der Waals surface area contributed by atoms with Crippen molar-refractivity contribution in [3.8, 4) is 11.1 Å². The fourth-order valence-electron chi connectivity index (χ4n) is 5.79. The summed E-state index contributed by atoms with van der Waals surface area (Å²) >= 11 is 0. The maximum Gasteiger partial charge on any atom is 0.407 e. The molecule has 2 fully saturated rings. The summed E-state index contributed by atoms with van der Waals surface area (Å²) in [4.78, 5) is 36.8. The topological polar surface area (TPSA) is 105 Å². The average molecular weight is 477 g/mol. The van der Waals surface area contributed by atoms with E-state index in [4.69, 9.17) is 4.74 Å². The van der Waals surface area contributed by atoms with Gasteiger partial charge in [0.1, 0.15) is 12.1 Å². The first-order valence-electron chi connectivity index (χ1n) is 12.5. The van der Waals surface area contributed by atoms with Crippen molar-refractivity contribution in [1.29, 1.82) is 0 Å². The van der Waals surface area contributed by atoms with Gasteiger partial charge in [0, 0.05) is 18.4 Å². The van der Waals surface area contributed by atoms with Crippen molar-refractivity contribution >= 4 is 18.0 Å². The Balaban J connectivity index is 1.11. The number of nitrogens with one attached hydrogen (secondary N) is 2. The third-order valence-electron chi connectivity index (χ3n) is 7.92. The van der Waals surface area contributed by atoms with Gasteiger partial charge < -0.3 is 20.5 Å². The summed E-state index contributed by atoms with van der Waals surface area (Å²) in [5.74, 6) is -1.06. The Hall–Kier alpha value is -3.35. The van der Waals surface area contributed by atoms with E-state index in [0.717, 1.165) is 25.7 Å². The fourth-order valence-corrected chi connectivity index (χ4v) is 5.79. The molecule has 0 spiro atoms. The van der Waals surface area contributed by atoms with Gasteiger partial charge in [-0.15, -0.1) is 0 Å². The molecule has 2 aromatic rings. The van der Waals surface area contributed by atoms with Gasteiger partial charge in [0.05, 0.1) is 0 Å². The van der Waals surface area contributed by atoms with E-state index in [1.807, 2.05) is 24.3 Å². The van der Waals surface area contributed by atoms with Gasteiger partial charge in [0.25, 0.3) is 0 Å². The predicted octanol–water partition coefficient (Wildman–Crippen LogP) is 4.45. The standard InChI is InChI=1S/C28H32N2O5/c1-28(26(32)33,18-11-12-18)30-25(31)15-17-10-13-19(14-17)29-27(34)35-16-24-22-8-4-2-6-20(22)21-7-3-5-9-23(21)24/h2-9,17-19,24H,10-16H2,1H3,(H,29,34)(H,30,31)(H,32,33)/t17-,19+,28?/m0/s1. The molecule has 3 N–H and O–H groups in total. The van der Waals surface area contributed by atoms with E-state index in [9.17, 15) is 19.5 Å². The second kappa shape index (κ2) is 9.36. The second-order valence-corrected chi connectivity index (χ2v) is 10.4. The Kier molecular flexibility index (Phi) is 6.26. The summed E-state index contributed by atoms with van der Waals surface area (Å²) in [6.45, 7) is 1.87. The Labute approximate surface area is 205 Å². The van der Waals surface area contributed by atoms with Gasteiger partial charge >= 0.3 is 12.1 Å². The molecule has 3 aliphatic carbocycles. The molecule has 5 rings (SSSR count). The van der Waals surface area contributed by atoms with Crippen LogP contribution in [0.4, 0.5) is 4.79 Å². The summed E-state index contributed by atoms with van der Waals surface area (Å²) in [6.07, 6.45) is 3.78. The number of carbonyl (C=O) groups is 3. The number of fused-ring (bicyclic) bond motifs is 3. The molecule has 3 atom stereocenters. The molecule has 7 heteroatoms. The zero-order valence-electron chi connectivity index (χ0n) is 20.0. The minimum absolute atomic E-state index is 0.00973. The van der Waals surface area contributed by atoms with Crippen LogP contribution in [0.1, 0.15) is 62.5 Å². The van der Waals surface area contributed by atoms with Crippen molar-refractivity contribution in [2.24, 2.45) is 11.8 Å². The van der Waals surface area contributed by atoms with Gasteiger partial charge in [0.2, 0.25) is 5.91 Å². The van der Waals surface area contributed by atoms with Crippen LogP contribution in [0.5, 0.6) is 0 Å². The number of benzene rings is 2. The minimum atomic E-state index is -1.19. The van der Waals surface area contributed by atoms with Crippen molar-refractivity contribution < 1.29 is 24.2 Å². The monoisotopic (exact) mass is 476 g/mol. The molecular weight excluding hydrogens is 444 g/mol. The number of aliphatic carboxylic acids is 1. The predicted molar refractivity (Wildman–Crippen MR) is 131 cm³/mol. The molecule has 0 aliphatic heterocycles. The summed E-state index contributed by atoms with van der Waals surface area (Å²) in [5.41, 5.74) is 3.54. The number of carbonyl (C=O) groups excluding carboxylic acids is 2. The van der Waals surface area contributed by atoms with E-state index in [2.05, 4.69) is 34.9 Å². The molecule has 1 unspecified atom stereocenters. The minimum Gasteiger partial charge on any atom is -0.480 e. The van der Waals surface area contributed by atoms with Gasteiger partial charge in [-0.3, -0.25) is 4.79 Å². The molecule has 3 aliphatic rings. The highest BCUT2D eigenvalue weighted by Crippen LogP contribution is 2.44. The number of hydrogen-bond donors (Lipinski definition) is 3. The van der Waals surface area contributed by atoms with Crippen molar-refractivity contribution in [2.75, 3.05) is 6.61 Å². The molecule has 2 aromatic carbocycles. The van der Waals surface area contributed by atoms with Crippen LogP contribution in [-0.4, -0.2) is 41.3 Å². The first-order valence-corrected chi connectivity index (χ1v) is 12.5. The smallest absolute Gasteiger partial charge is 0.407 e. The maximum absolute atomic E-state index is 12.6.